The number of aromatic nitrogens is 1. The van der Waals surface area contributed by atoms with E-state index in [4.69, 9.17) is 0 Å². The molecule has 1 N–H and O–H groups in total. The van der Waals surface area contributed by atoms with E-state index in [1.54, 1.807) is 6.20 Å². The number of aliphatic hydroxyl groups is 1. The summed E-state index contributed by atoms with van der Waals surface area (Å²) in [6.07, 6.45) is 6.04. The van der Waals surface area contributed by atoms with E-state index in [1.165, 1.54) is 25.7 Å². The maximum atomic E-state index is 10.2. The second-order valence-corrected chi connectivity index (χ2v) is 4.78. The molecular formula is C15H26N2O. The van der Waals surface area contributed by atoms with E-state index in [0.29, 0.717) is 6.54 Å². The summed E-state index contributed by atoms with van der Waals surface area (Å²) < 4.78 is 0. The average molecular weight is 250 g/mol. The first-order valence-electron chi connectivity index (χ1n) is 7.09. The molecule has 0 saturated carbocycles. The molecule has 0 spiro atoms. The van der Waals surface area contributed by atoms with Crippen molar-refractivity contribution in [1.29, 1.82) is 0 Å². The van der Waals surface area contributed by atoms with Crippen molar-refractivity contribution in [2.75, 3.05) is 19.6 Å². The lowest BCUT2D eigenvalue weighted by Crippen LogP contribution is -2.31. The van der Waals surface area contributed by atoms with Crippen LogP contribution in [0.2, 0.25) is 0 Å². The molecule has 1 aromatic rings. The summed E-state index contributed by atoms with van der Waals surface area (Å²) in [5.74, 6) is 0. The fourth-order valence-corrected chi connectivity index (χ4v) is 1.97. The molecule has 0 fully saturated rings. The summed E-state index contributed by atoms with van der Waals surface area (Å²) in [7, 11) is 0. The van der Waals surface area contributed by atoms with E-state index >= 15 is 0 Å². The van der Waals surface area contributed by atoms with Crippen LogP contribution in [0.3, 0.4) is 0 Å². The van der Waals surface area contributed by atoms with Gasteiger partial charge in [0.2, 0.25) is 0 Å². The molecule has 1 atom stereocenters. The minimum absolute atomic E-state index is 0.472. The lowest BCUT2D eigenvalue weighted by Gasteiger charge is -2.24. The van der Waals surface area contributed by atoms with Crippen LogP contribution in [0, 0.1) is 0 Å². The first-order valence-corrected chi connectivity index (χ1v) is 7.09. The molecule has 0 amide bonds. The number of pyridine rings is 1. The predicted octanol–water partition coefficient (Wildman–Crippen LogP) is 3.02. The van der Waals surface area contributed by atoms with Gasteiger partial charge in [0.15, 0.2) is 0 Å². The van der Waals surface area contributed by atoms with Gasteiger partial charge in [-0.1, -0.05) is 32.8 Å². The van der Waals surface area contributed by atoms with E-state index in [0.717, 1.165) is 18.8 Å². The summed E-state index contributed by atoms with van der Waals surface area (Å²) in [6.45, 7) is 7.23. The minimum Gasteiger partial charge on any atom is -0.385 e. The van der Waals surface area contributed by atoms with Crippen LogP contribution in [0.5, 0.6) is 0 Å². The Labute approximate surface area is 111 Å². The number of rotatable bonds is 9. The third-order valence-corrected chi connectivity index (χ3v) is 3.12. The maximum absolute atomic E-state index is 10.2. The number of nitrogens with zero attached hydrogens (tertiary/aromatic N) is 2. The standard InChI is InChI=1S/C15H26N2O/c1-3-5-11-17(12-6-4-2)13-15(18)14-9-7-8-10-16-14/h7-10,15,18H,3-6,11-13H2,1-2H3. The van der Waals surface area contributed by atoms with E-state index in [-0.39, 0.29) is 0 Å². The van der Waals surface area contributed by atoms with Crippen LogP contribution in [0.15, 0.2) is 24.4 Å². The minimum atomic E-state index is -0.472. The van der Waals surface area contributed by atoms with Crippen LogP contribution >= 0.6 is 0 Å². The SMILES string of the molecule is CCCCN(CCCC)CC(O)c1ccccn1. The molecule has 1 unspecified atom stereocenters. The highest BCUT2D eigenvalue weighted by Crippen LogP contribution is 2.12. The van der Waals surface area contributed by atoms with Crippen LogP contribution < -0.4 is 0 Å². The van der Waals surface area contributed by atoms with Crippen molar-refractivity contribution in [3.8, 4) is 0 Å². The van der Waals surface area contributed by atoms with Gasteiger partial charge in [-0.2, -0.15) is 0 Å². The summed E-state index contributed by atoms with van der Waals surface area (Å²) in [4.78, 5) is 6.57. The second-order valence-electron chi connectivity index (χ2n) is 4.78. The van der Waals surface area contributed by atoms with Crippen LogP contribution in [0.25, 0.3) is 0 Å². The zero-order chi connectivity index (χ0) is 13.2. The van der Waals surface area contributed by atoms with Crippen LogP contribution in [0.1, 0.15) is 51.3 Å². The van der Waals surface area contributed by atoms with Crippen LogP contribution in [0.4, 0.5) is 0 Å². The molecule has 0 aliphatic carbocycles. The third kappa shape index (κ3) is 5.61. The Hall–Kier alpha value is -0.930. The van der Waals surface area contributed by atoms with Crippen molar-refractivity contribution in [1.82, 2.24) is 9.88 Å². The van der Waals surface area contributed by atoms with Crippen molar-refractivity contribution in [2.24, 2.45) is 0 Å². The molecule has 102 valence electrons. The number of hydrogen-bond donors (Lipinski definition) is 1. The van der Waals surface area contributed by atoms with Crippen molar-refractivity contribution in [3.05, 3.63) is 30.1 Å². The Balaban J connectivity index is 2.47. The highest BCUT2D eigenvalue weighted by atomic mass is 16.3. The molecule has 1 rings (SSSR count). The second kappa shape index (κ2) is 9.06. The summed E-state index contributed by atoms with van der Waals surface area (Å²) in [5, 5.41) is 10.2. The van der Waals surface area contributed by atoms with Crippen LogP contribution in [-0.2, 0) is 0 Å². The van der Waals surface area contributed by atoms with Gasteiger partial charge in [-0.25, -0.2) is 0 Å². The summed E-state index contributed by atoms with van der Waals surface area (Å²) >= 11 is 0. The van der Waals surface area contributed by atoms with Gasteiger partial charge in [0, 0.05) is 12.7 Å². The number of unbranched alkanes of at least 4 members (excludes halogenated alkanes) is 2. The molecule has 1 heterocycles. The van der Waals surface area contributed by atoms with E-state index in [1.807, 2.05) is 18.2 Å². The molecule has 0 saturated heterocycles. The van der Waals surface area contributed by atoms with Crippen molar-refractivity contribution in [2.45, 2.75) is 45.6 Å². The molecule has 0 radical (unpaired) electrons. The molecule has 18 heavy (non-hydrogen) atoms. The van der Waals surface area contributed by atoms with Gasteiger partial charge in [0.1, 0.15) is 6.10 Å². The maximum Gasteiger partial charge on any atom is 0.109 e. The first kappa shape index (κ1) is 15.1. The lowest BCUT2D eigenvalue weighted by molar-refractivity contribution is 0.108. The molecule has 1 aromatic heterocycles. The van der Waals surface area contributed by atoms with Gasteiger partial charge in [-0.15, -0.1) is 0 Å². The fourth-order valence-electron chi connectivity index (χ4n) is 1.97. The summed E-state index contributed by atoms with van der Waals surface area (Å²) in [6, 6.07) is 5.69. The topological polar surface area (TPSA) is 36.4 Å². The molecule has 0 bridgehead atoms. The largest absolute Gasteiger partial charge is 0.385 e. The molecule has 3 nitrogen and oxygen atoms in total. The van der Waals surface area contributed by atoms with Crippen molar-refractivity contribution in [3.63, 3.8) is 0 Å². The normalized spacial score (nSPS) is 12.9. The Kier molecular flexibility index (Phi) is 7.62. The molecule has 3 heteroatoms. The molecule has 0 aromatic carbocycles. The van der Waals surface area contributed by atoms with Crippen molar-refractivity contribution < 1.29 is 5.11 Å². The Morgan fingerprint density at radius 3 is 2.33 bits per heavy atom. The van der Waals surface area contributed by atoms with Gasteiger partial charge in [-0.05, 0) is 38.1 Å². The number of hydrogen-bond acceptors (Lipinski definition) is 3. The van der Waals surface area contributed by atoms with Gasteiger partial charge >= 0.3 is 0 Å². The average Bonchev–Trinajstić information content (AvgIpc) is 2.42. The lowest BCUT2D eigenvalue weighted by atomic mass is 10.2. The first-order chi connectivity index (χ1) is 8.77. The highest BCUT2D eigenvalue weighted by Gasteiger charge is 2.13. The van der Waals surface area contributed by atoms with Crippen LogP contribution in [-0.4, -0.2) is 34.6 Å². The molecule has 0 aliphatic heterocycles. The zero-order valence-corrected chi connectivity index (χ0v) is 11.7. The van der Waals surface area contributed by atoms with E-state index < -0.39 is 6.10 Å². The van der Waals surface area contributed by atoms with E-state index in [9.17, 15) is 5.11 Å². The van der Waals surface area contributed by atoms with E-state index in [2.05, 4.69) is 23.7 Å². The quantitative estimate of drug-likeness (QED) is 0.732. The zero-order valence-electron chi connectivity index (χ0n) is 11.7. The number of aliphatic hydroxyl groups excluding tert-OH is 1. The molecular weight excluding hydrogens is 224 g/mol. The highest BCUT2D eigenvalue weighted by molar-refractivity contribution is 5.06. The monoisotopic (exact) mass is 250 g/mol. The van der Waals surface area contributed by atoms with Gasteiger partial charge in [0.25, 0.3) is 0 Å². The Morgan fingerprint density at radius 1 is 1.17 bits per heavy atom. The van der Waals surface area contributed by atoms with Gasteiger partial charge < -0.3 is 10.0 Å². The Bertz CT molecular complexity index is 295. The van der Waals surface area contributed by atoms with Crippen molar-refractivity contribution >= 4 is 0 Å². The van der Waals surface area contributed by atoms with Gasteiger partial charge in [0.05, 0.1) is 5.69 Å². The van der Waals surface area contributed by atoms with Gasteiger partial charge in [-0.3, -0.25) is 4.98 Å². The predicted molar refractivity (Wildman–Crippen MR) is 75.5 cm³/mol. The fraction of sp³-hybridized carbons (Fsp3) is 0.667. The summed E-state index contributed by atoms with van der Waals surface area (Å²) in [5.41, 5.74) is 0.774. The molecule has 0 aliphatic rings. The Morgan fingerprint density at radius 2 is 1.83 bits per heavy atom. The third-order valence-electron chi connectivity index (χ3n) is 3.12. The smallest absolute Gasteiger partial charge is 0.109 e.